The average Bonchev–Trinajstić information content (AvgIpc) is 2.60. The van der Waals surface area contributed by atoms with Gasteiger partial charge in [0.2, 0.25) is 0 Å². The first kappa shape index (κ1) is 11.5. The highest BCUT2D eigenvalue weighted by Crippen LogP contribution is 2.26. The van der Waals surface area contributed by atoms with Crippen LogP contribution in [0.1, 0.15) is 26.3 Å². The highest BCUT2D eigenvalue weighted by molar-refractivity contribution is 5.57. The Labute approximate surface area is 98.7 Å². The minimum absolute atomic E-state index is 0.221. The van der Waals surface area contributed by atoms with Crippen molar-refractivity contribution in [3.8, 4) is 0 Å². The molecule has 0 radical (unpaired) electrons. The SMILES string of the molecule is CC(C)(C)NCCN1CCc2ccccc21. The zero-order valence-electron chi connectivity index (χ0n) is 10.6. The Hall–Kier alpha value is -1.02. The smallest absolute Gasteiger partial charge is 0.0399 e. The number of hydrogen-bond acceptors (Lipinski definition) is 2. The quantitative estimate of drug-likeness (QED) is 0.838. The topological polar surface area (TPSA) is 15.3 Å². The first-order valence-corrected chi connectivity index (χ1v) is 6.14. The lowest BCUT2D eigenvalue weighted by Gasteiger charge is -2.24. The van der Waals surface area contributed by atoms with Gasteiger partial charge in [-0.3, -0.25) is 0 Å². The van der Waals surface area contributed by atoms with E-state index < -0.39 is 0 Å². The summed E-state index contributed by atoms with van der Waals surface area (Å²) in [5, 5.41) is 3.54. The maximum atomic E-state index is 3.54. The molecule has 0 unspecified atom stereocenters. The summed E-state index contributed by atoms with van der Waals surface area (Å²) in [6.07, 6.45) is 1.20. The van der Waals surface area contributed by atoms with E-state index in [-0.39, 0.29) is 5.54 Å². The van der Waals surface area contributed by atoms with Crippen molar-refractivity contribution in [1.82, 2.24) is 5.32 Å². The molecule has 0 aliphatic carbocycles. The normalized spacial score (nSPS) is 15.3. The predicted octanol–water partition coefficient (Wildman–Crippen LogP) is 2.44. The number of nitrogens with one attached hydrogen (secondary N) is 1. The number of nitrogens with zero attached hydrogens (tertiary/aromatic N) is 1. The summed E-state index contributed by atoms with van der Waals surface area (Å²) in [4.78, 5) is 2.48. The van der Waals surface area contributed by atoms with E-state index in [2.05, 4.69) is 55.3 Å². The number of benzene rings is 1. The standard InChI is InChI=1S/C14H22N2/c1-14(2,3)15-9-11-16-10-8-12-6-4-5-7-13(12)16/h4-7,15H,8-11H2,1-3H3. The summed E-state index contributed by atoms with van der Waals surface area (Å²) in [5.41, 5.74) is 3.15. The molecule has 0 atom stereocenters. The van der Waals surface area contributed by atoms with Gasteiger partial charge < -0.3 is 10.2 Å². The molecule has 1 heterocycles. The van der Waals surface area contributed by atoms with Crippen LogP contribution >= 0.6 is 0 Å². The molecule has 2 heteroatoms. The van der Waals surface area contributed by atoms with Crippen LogP contribution in [0.2, 0.25) is 0 Å². The van der Waals surface area contributed by atoms with Gasteiger partial charge in [-0.25, -0.2) is 0 Å². The van der Waals surface area contributed by atoms with Gasteiger partial charge in [-0.2, -0.15) is 0 Å². The van der Waals surface area contributed by atoms with Crippen molar-refractivity contribution in [2.24, 2.45) is 0 Å². The van der Waals surface area contributed by atoms with Crippen molar-refractivity contribution in [2.45, 2.75) is 32.7 Å². The van der Waals surface area contributed by atoms with Crippen molar-refractivity contribution in [3.05, 3.63) is 29.8 Å². The third-order valence-corrected chi connectivity index (χ3v) is 3.02. The summed E-state index contributed by atoms with van der Waals surface area (Å²) in [6.45, 7) is 9.97. The van der Waals surface area contributed by atoms with Gasteiger partial charge in [0, 0.05) is 30.9 Å². The second-order valence-electron chi connectivity index (χ2n) is 5.54. The zero-order chi connectivity index (χ0) is 11.6. The minimum atomic E-state index is 0.221. The second-order valence-corrected chi connectivity index (χ2v) is 5.54. The Morgan fingerprint density at radius 2 is 2.00 bits per heavy atom. The van der Waals surface area contributed by atoms with E-state index in [1.54, 1.807) is 0 Å². The largest absolute Gasteiger partial charge is 0.370 e. The Morgan fingerprint density at radius 1 is 1.25 bits per heavy atom. The minimum Gasteiger partial charge on any atom is -0.370 e. The molecule has 16 heavy (non-hydrogen) atoms. The van der Waals surface area contributed by atoms with Crippen LogP contribution in [0.25, 0.3) is 0 Å². The molecule has 0 saturated heterocycles. The summed E-state index contributed by atoms with van der Waals surface area (Å²) < 4.78 is 0. The second kappa shape index (κ2) is 4.46. The number of rotatable bonds is 3. The monoisotopic (exact) mass is 218 g/mol. The first-order valence-electron chi connectivity index (χ1n) is 6.14. The van der Waals surface area contributed by atoms with Gasteiger partial charge >= 0.3 is 0 Å². The molecule has 88 valence electrons. The molecule has 2 rings (SSSR count). The van der Waals surface area contributed by atoms with E-state index in [4.69, 9.17) is 0 Å². The van der Waals surface area contributed by atoms with Gasteiger partial charge in [-0.15, -0.1) is 0 Å². The van der Waals surface area contributed by atoms with Gasteiger partial charge in [0.05, 0.1) is 0 Å². The molecule has 0 bridgehead atoms. The lowest BCUT2D eigenvalue weighted by atomic mass is 10.1. The summed E-state index contributed by atoms with van der Waals surface area (Å²) >= 11 is 0. The fourth-order valence-electron chi connectivity index (χ4n) is 2.20. The van der Waals surface area contributed by atoms with Crippen LogP contribution < -0.4 is 10.2 Å². The van der Waals surface area contributed by atoms with Crippen molar-refractivity contribution in [3.63, 3.8) is 0 Å². The van der Waals surface area contributed by atoms with Gasteiger partial charge in [0.1, 0.15) is 0 Å². The molecule has 1 N–H and O–H groups in total. The van der Waals surface area contributed by atoms with Gasteiger partial charge in [0.15, 0.2) is 0 Å². The summed E-state index contributed by atoms with van der Waals surface area (Å²) in [7, 11) is 0. The molecular weight excluding hydrogens is 196 g/mol. The third kappa shape index (κ3) is 2.76. The zero-order valence-corrected chi connectivity index (χ0v) is 10.6. The number of hydrogen-bond donors (Lipinski definition) is 1. The lowest BCUT2D eigenvalue weighted by Crippen LogP contribution is -2.41. The molecule has 0 fully saturated rings. The van der Waals surface area contributed by atoms with E-state index in [0.29, 0.717) is 0 Å². The van der Waals surface area contributed by atoms with Gasteiger partial charge in [-0.05, 0) is 38.8 Å². The van der Waals surface area contributed by atoms with E-state index in [1.165, 1.54) is 24.2 Å². The molecule has 1 aromatic carbocycles. The Morgan fingerprint density at radius 3 is 2.75 bits per heavy atom. The molecule has 0 spiro atoms. The molecule has 1 aliphatic rings. The van der Waals surface area contributed by atoms with E-state index in [9.17, 15) is 0 Å². The fraction of sp³-hybridized carbons (Fsp3) is 0.571. The van der Waals surface area contributed by atoms with Gasteiger partial charge in [-0.1, -0.05) is 18.2 Å². The number of para-hydroxylation sites is 1. The maximum absolute atomic E-state index is 3.54. The molecule has 0 amide bonds. The summed E-state index contributed by atoms with van der Waals surface area (Å²) in [5.74, 6) is 0. The predicted molar refractivity (Wildman–Crippen MR) is 70.1 cm³/mol. The van der Waals surface area contributed by atoms with E-state index in [0.717, 1.165) is 13.1 Å². The Kier molecular flexibility index (Phi) is 3.20. The van der Waals surface area contributed by atoms with Crippen LogP contribution in [0.4, 0.5) is 5.69 Å². The lowest BCUT2D eigenvalue weighted by molar-refractivity contribution is 0.430. The molecule has 0 saturated carbocycles. The molecule has 2 nitrogen and oxygen atoms in total. The van der Waals surface area contributed by atoms with Crippen molar-refractivity contribution < 1.29 is 0 Å². The number of fused-ring (bicyclic) bond motifs is 1. The Balaban J connectivity index is 1.89. The van der Waals surface area contributed by atoms with Crippen LogP contribution in [0, 0.1) is 0 Å². The molecule has 1 aliphatic heterocycles. The molecule has 0 aromatic heterocycles. The summed E-state index contributed by atoms with van der Waals surface area (Å²) in [6, 6.07) is 8.75. The fourth-order valence-corrected chi connectivity index (χ4v) is 2.20. The first-order chi connectivity index (χ1) is 7.56. The average molecular weight is 218 g/mol. The maximum Gasteiger partial charge on any atom is 0.0399 e. The Bertz CT molecular complexity index is 352. The van der Waals surface area contributed by atoms with Crippen molar-refractivity contribution in [2.75, 3.05) is 24.5 Å². The van der Waals surface area contributed by atoms with Crippen LogP contribution in [-0.4, -0.2) is 25.2 Å². The van der Waals surface area contributed by atoms with Crippen molar-refractivity contribution in [1.29, 1.82) is 0 Å². The highest BCUT2D eigenvalue weighted by atomic mass is 15.2. The third-order valence-electron chi connectivity index (χ3n) is 3.02. The van der Waals surface area contributed by atoms with Crippen LogP contribution in [0.5, 0.6) is 0 Å². The molecular formula is C14H22N2. The van der Waals surface area contributed by atoms with E-state index >= 15 is 0 Å². The van der Waals surface area contributed by atoms with Gasteiger partial charge in [0.25, 0.3) is 0 Å². The molecule has 1 aromatic rings. The number of anilines is 1. The van der Waals surface area contributed by atoms with Crippen LogP contribution in [0.15, 0.2) is 24.3 Å². The van der Waals surface area contributed by atoms with Crippen LogP contribution in [0.3, 0.4) is 0 Å². The van der Waals surface area contributed by atoms with Crippen LogP contribution in [-0.2, 0) is 6.42 Å². The van der Waals surface area contributed by atoms with Crippen molar-refractivity contribution >= 4 is 5.69 Å². The van der Waals surface area contributed by atoms with E-state index in [1.807, 2.05) is 0 Å². The highest BCUT2D eigenvalue weighted by Gasteiger charge is 2.18.